The maximum Gasteiger partial charge on any atom is 0.303 e. The van der Waals surface area contributed by atoms with Crippen LogP contribution >= 0.6 is 0 Å². The summed E-state index contributed by atoms with van der Waals surface area (Å²) in [5.41, 5.74) is 0. The molecule has 0 aliphatic carbocycles. The Morgan fingerprint density at radius 1 is 1.54 bits per heavy atom. The summed E-state index contributed by atoms with van der Waals surface area (Å²) >= 11 is 0. The Balaban J connectivity index is 2.33. The third kappa shape index (κ3) is 2.72. The van der Waals surface area contributed by atoms with Crippen LogP contribution in [-0.4, -0.2) is 30.1 Å². The molecule has 0 amide bonds. The summed E-state index contributed by atoms with van der Waals surface area (Å²) in [6.45, 7) is 0.967. The maximum absolute atomic E-state index is 10.2. The predicted octanol–water partition coefficient (Wildman–Crippen LogP) is 0.618. The quantitative estimate of drug-likeness (QED) is 0.650. The van der Waals surface area contributed by atoms with Crippen molar-refractivity contribution in [1.29, 1.82) is 0 Å². The highest BCUT2D eigenvalue weighted by molar-refractivity contribution is 5.66. The minimum atomic E-state index is -0.963. The van der Waals surface area contributed by atoms with Gasteiger partial charge in [-0.3, -0.25) is 4.79 Å². The summed E-state index contributed by atoms with van der Waals surface area (Å²) in [5.74, 6) is 0.622. The number of aliphatic carboxylic acids is 1. The predicted molar refractivity (Wildman–Crippen MR) is 45.0 cm³/mol. The first kappa shape index (κ1) is 10.0. The molecule has 13 heavy (non-hydrogen) atoms. The third-order valence-corrected chi connectivity index (χ3v) is 1.87. The van der Waals surface area contributed by atoms with Gasteiger partial charge in [-0.15, -0.1) is 6.42 Å². The van der Waals surface area contributed by atoms with Gasteiger partial charge in [-0.05, 0) is 12.3 Å². The number of terminal acetylenes is 1. The molecule has 1 aliphatic heterocycles. The van der Waals surface area contributed by atoms with Crippen molar-refractivity contribution < 1.29 is 19.4 Å². The Labute approximate surface area is 76.8 Å². The third-order valence-electron chi connectivity index (χ3n) is 1.87. The van der Waals surface area contributed by atoms with E-state index in [-0.39, 0.29) is 6.42 Å². The highest BCUT2D eigenvalue weighted by Gasteiger charge is 2.33. The van der Waals surface area contributed by atoms with Gasteiger partial charge in [0.2, 0.25) is 5.79 Å². The van der Waals surface area contributed by atoms with E-state index in [9.17, 15) is 4.79 Å². The van der Waals surface area contributed by atoms with E-state index in [0.717, 1.165) is 0 Å². The van der Waals surface area contributed by atoms with Crippen molar-refractivity contribution in [3.63, 3.8) is 0 Å². The smallest absolute Gasteiger partial charge is 0.303 e. The molecule has 0 saturated carbocycles. The fraction of sp³-hybridized carbons (Fsp3) is 0.667. The topological polar surface area (TPSA) is 55.8 Å². The average molecular weight is 184 g/mol. The molecule has 0 radical (unpaired) electrons. The van der Waals surface area contributed by atoms with Crippen molar-refractivity contribution in [3.05, 3.63) is 0 Å². The Kier molecular flexibility index (Phi) is 3.29. The first-order chi connectivity index (χ1) is 6.18. The van der Waals surface area contributed by atoms with Gasteiger partial charge in [-0.25, -0.2) is 0 Å². The summed E-state index contributed by atoms with van der Waals surface area (Å²) in [4.78, 5) is 10.2. The molecule has 0 atom stereocenters. The van der Waals surface area contributed by atoms with Crippen LogP contribution < -0.4 is 0 Å². The van der Waals surface area contributed by atoms with Gasteiger partial charge < -0.3 is 14.6 Å². The van der Waals surface area contributed by atoms with Gasteiger partial charge in [0.05, 0.1) is 13.2 Å². The van der Waals surface area contributed by atoms with Crippen LogP contribution in [0.15, 0.2) is 0 Å². The number of carboxylic acids is 1. The van der Waals surface area contributed by atoms with E-state index in [2.05, 4.69) is 5.92 Å². The summed E-state index contributed by atoms with van der Waals surface area (Å²) in [6, 6.07) is 0. The van der Waals surface area contributed by atoms with Crippen LogP contribution in [-0.2, 0) is 14.3 Å². The monoisotopic (exact) mass is 184 g/mol. The molecule has 4 nitrogen and oxygen atoms in total. The first-order valence-electron chi connectivity index (χ1n) is 4.16. The molecule has 1 saturated heterocycles. The van der Waals surface area contributed by atoms with E-state index in [1.165, 1.54) is 0 Å². The fourth-order valence-corrected chi connectivity index (χ4v) is 1.23. The zero-order chi connectivity index (χ0) is 9.73. The molecule has 1 heterocycles. The van der Waals surface area contributed by atoms with Gasteiger partial charge >= 0.3 is 5.97 Å². The number of ether oxygens (including phenoxy) is 2. The first-order valence-corrected chi connectivity index (χ1v) is 4.16. The van der Waals surface area contributed by atoms with Gasteiger partial charge in [-0.1, -0.05) is 0 Å². The molecule has 0 aromatic carbocycles. The molecule has 4 heteroatoms. The number of rotatable bonds is 4. The summed E-state index contributed by atoms with van der Waals surface area (Å²) in [6.07, 6.45) is 6.24. The Morgan fingerprint density at radius 2 is 2.15 bits per heavy atom. The number of carboxylic acid groups (broad SMARTS) is 1. The second-order valence-electron chi connectivity index (χ2n) is 2.84. The zero-order valence-corrected chi connectivity index (χ0v) is 7.28. The molecule has 72 valence electrons. The van der Waals surface area contributed by atoms with E-state index >= 15 is 0 Å². The lowest BCUT2D eigenvalue weighted by Crippen LogP contribution is -2.27. The Hall–Kier alpha value is -1.05. The zero-order valence-electron chi connectivity index (χ0n) is 7.28. The van der Waals surface area contributed by atoms with Crippen molar-refractivity contribution in [2.45, 2.75) is 25.0 Å². The van der Waals surface area contributed by atoms with Crippen molar-refractivity contribution in [2.24, 2.45) is 0 Å². The Morgan fingerprint density at radius 3 is 2.62 bits per heavy atom. The van der Waals surface area contributed by atoms with Crippen molar-refractivity contribution >= 4 is 5.97 Å². The van der Waals surface area contributed by atoms with Crippen LogP contribution in [0.4, 0.5) is 0 Å². The van der Waals surface area contributed by atoms with Gasteiger partial charge in [0.15, 0.2) is 0 Å². The van der Waals surface area contributed by atoms with Crippen LogP contribution in [0.5, 0.6) is 0 Å². The molecule has 0 spiro atoms. The molecule has 1 rings (SSSR count). The maximum atomic E-state index is 10.2. The Bertz CT molecular complexity index is 222. The lowest BCUT2D eigenvalue weighted by atomic mass is 10.1. The van der Waals surface area contributed by atoms with E-state index in [0.29, 0.717) is 26.1 Å². The van der Waals surface area contributed by atoms with Crippen LogP contribution in [0.1, 0.15) is 19.3 Å². The molecule has 0 bridgehead atoms. The van der Waals surface area contributed by atoms with Crippen LogP contribution in [0.3, 0.4) is 0 Å². The standard InChI is InChI=1S/C9H12O4/c1-2-9(12-6-7-13-9)5-3-4-8(10)11/h1H,3-7H2,(H,10,11). The SMILES string of the molecule is C#CC1(CCCC(=O)O)OCCO1. The highest BCUT2D eigenvalue weighted by Crippen LogP contribution is 2.24. The van der Waals surface area contributed by atoms with E-state index in [4.69, 9.17) is 21.0 Å². The molecule has 0 unspecified atom stereocenters. The van der Waals surface area contributed by atoms with E-state index < -0.39 is 11.8 Å². The van der Waals surface area contributed by atoms with E-state index in [1.54, 1.807) is 0 Å². The second kappa shape index (κ2) is 4.26. The van der Waals surface area contributed by atoms with E-state index in [1.807, 2.05) is 0 Å². The summed E-state index contributed by atoms with van der Waals surface area (Å²) in [5, 5.41) is 8.41. The van der Waals surface area contributed by atoms with Gasteiger partial charge in [0.25, 0.3) is 0 Å². The second-order valence-corrected chi connectivity index (χ2v) is 2.84. The fourth-order valence-electron chi connectivity index (χ4n) is 1.23. The van der Waals surface area contributed by atoms with Gasteiger partial charge in [-0.2, -0.15) is 0 Å². The minimum Gasteiger partial charge on any atom is -0.481 e. The van der Waals surface area contributed by atoms with Gasteiger partial charge in [0, 0.05) is 12.8 Å². The molecule has 0 aromatic heterocycles. The highest BCUT2D eigenvalue weighted by atomic mass is 16.7. The molecular weight excluding hydrogens is 172 g/mol. The van der Waals surface area contributed by atoms with Crippen LogP contribution in [0.2, 0.25) is 0 Å². The van der Waals surface area contributed by atoms with Gasteiger partial charge in [0.1, 0.15) is 0 Å². The minimum absolute atomic E-state index is 0.0934. The summed E-state index contributed by atoms with van der Waals surface area (Å²) in [7, 11) is 0. The molecule has 1 aliphatic rings. The lowest BCUT2D eigenvalue weighted by Gasteiger charge is -2.19. The number of hydrogen-bond donors (Lipinski definition) is 1. The average Bonchev–Trinajstić information content (AvgIpc) is 2.53. The number of carbonyl (C=O) groups is 1. The lowest BCUT2D eigenvalue weighted by molar-refractivity contribution is -0.138. The summed E-state index contributed by atoms with van der Waals surface area (Å²) < 4.78 is 10.4. The van der Waals surface area contributed by atoms with Crippen molar-refractivity contribution in [1.82, 2.24) is 0 Å². The number of hydrogen-bond acceptors (Lipinski definition) is 3. The molecule has 1 fully saturated rings. The van der Waals surface area contributed by atoms with Crippen LogP contribution in [0.25, 0.3) is 0 Å². The van der Waals surface area contributed by atoms with Crippen molar-refractivity contribution in [2.75, 3.05) is 13.2 Å². The molecule has 0 aromatic rings. The normalized spacial score (nSPS) is 19.6. The van der Waals surface area contributed by atoms with Crippen LogP contribution in [0, 0.1) is 12.3 Å². The molecule has 1 N–H and O–H groups in total. The molecular formula is C9H12O4. The largest absolute Gasteiger partial charge is 0.481 e. The van der Waals surface area contributed by atoms with Crippen molar-refractivity contribution in [3.8, 4) is 12.3 Å².